The van der Waals surface area contributed by atoms with Crippen molar-refractivity contribution in [1.29, 1.82) is 0 Å². The van der Waals surface area contributed by atoms with Crippen LogP contribution in [0, 0.1) is 23.2 Å². The molecule has 3 rings (SSSR count). The van der Waals surface area contributed by atoms with Crippen LogP contribution in [0.3, 0.4) is 0 Å². The van der Waals surface area contributed by atoms with E-state index in [4.69, 9.17) is 0 Å². The number of Topliss-reactive ketones (excluding diaryl/α,β-unsaturated/α-hetero) is 1. The molecule has 1 aromatic carbocycles. The van der Waals surface area contributed by atoms with Crippen LogP contribution in [-0.2, 0) is 4.79 Å². The third kappa shape index (κ3) is 2.67. The van der Waals surface area contributed by atoms with Gasteiger partial charge in [-0.15, -0.1) is 0 Å². The maximum atomic E-state index is 13.2. The zero-order valence-electron chi connectivity index (χ0n) is 14.1. The topological polar surface area (TPSA) is 34.1 Å². The SMILES string of the molecule is CCSC(=O)[C@]1(CC)[C@@H](C(=O)c2ccccc2)C[C@H]2CCC[C@H]21. The highest BCUT2D eigenvalue weighted by Gasteiger charge is 2.61. The smallest absolute Gasteiger partial charge is 0.196 e. The zero-order chi connectivity index (χ0) is 16.4. The summed E-state index contributed by atoms with van der Waals surface area (Å²) in [6.45, 7) is 4.14. The van der Waals surface area contributed by atoms with Crippen LogP contribution < -0.4 is 0 Å². The quantitative estimate of drug-likeness (QED) is 0.714. The second kappa shape index (κ2) is 6.80. The predicted molar refractivity (Wildman–Crippen MR) is 95.6 cm³/mol. The molecular formula is C20H26O2S. The summed E-state index contributed by atoms with van der Waals surface area (Å²) in [7, 11) is 0. The van der Waals surface area contributed by atoms with Crippen LogP contribution in [0.4, 0.5) is 0 Å². The Balaban J connectivity index is 2.00. The zero-order valence-corrected chi connectivity index (χ0v) is 14.9. The maximum absolute atomic E-state index is 13.2. The predicted octanol–water partition coefficient (Wildman–Crippen LogP) is 4.98. The van der Waals surface area contributed by atoms with Gasteiger partial charge < -0.3 is 0 Å². The normalized spacial score (nSPS) is 32.7. The first-order valence-electron chi connectivity index (χ1n) is 8.91. The molecule has 0 heterocycles. The van der Waals surface area contributed by atoms with Gasteiger partial charge in [0.05, 0.1) is 5.41 Å². The molecule has 0 radical (unpaired) electrons. The largest absolute Gasteiger partial charge is 0.294 e. The van der Waals surface area contributed by atoms with Gasteiger partial charge in [-0.3, -0.25) is 9.59 Å². The second-order valence-electron chi connectivity index (χ2n) is 6.93. The van der Waals surface area contributed by atoms with E-state index in [1.807, 2.05) is 37.3 Å². The molecule has 2 aliphatic rings. The molecule has 0 N–H and O–H groups in total. The Hall–Kier alpha value is -1.09. The van der Waals surface area contributed by atoms with E-state index in [9.17, 15) is 9.59 Å². The van der Waals surface area contributed by atoms with Gasteiger partial charge in [0.25, 0.3) is 0 Å². The molecule has 2 aliphatic carbocycles. The first-order valence-corrected chi connectivity index (χ1v) is 9.90. The van der Waals surface area contributed by atoms with Crippen molar-refractivity contribution in [2.75, 3.05) is 5.75 Å². The molecule has 4 atom stereocenters. The third-order valence-corrected chi connectivity index (χ3v) is 7.03. The van der Waals surface area contributed by atoms with Crippen LogP contribution in [0.2, 0.25) is 0 Å². The van der Waals surface area contributed by atoms with E-state index < -0.39 is 5.41 Å². The molecule has 1 aromatic rings. The number of hydrogen-bond acceptors (Lipinski definition) is 3. The van der Waals surface area contributed by atoms with Gasteiger partial charge in [0.2, 0.25) is 0 Å². The minimum Gasteiger partial charge on any atom is -0.294 e. The molecule has 2 fully saturated rings. The molecule has 2 nitrogen and oxygen atoms in total. The average Bonchev–Trinajstić information content (AvgIpc) is 3.15. The Bertz CT molecular complexity index is 583. The van der Waals surface area contributed by atoms with E-state index in [1.165, 1.54) is 24.6 Å². The lowest BCUT2D eigenvalue weighted by atomic mass is 9.68. The van der Waals surface area contributed by atoms with Gasteiger partial charge in [0, 0.05) is 11.5 Å². The number of carbonyl (C=O) groups is 2. The van der Waals surface area contributed by atoms with E-state index in [0.717, 1.165) is 30.6 Å². The van der Waals surface area contributed by atoms with Crippen molar-refractivity contribution in [3.8, 4) is 0 Å². The van der Waals surface area contributed by atoms with Crippen molar-refractivity contribution >= 4 is 22.7 Å². The van der Waals surface area contributed by atoms with Gasteiger partial charge >= 0.3 is 0 Å². The summed E-state index contributed by atoms with van der Waals surface area (Å²) >= 11 is 1.43. The van der Waals surface area contributed by atoms with Crippen molar-refractivity contribution in [2.24, 2.45) is 23.2 Å². The summed E-state index contributed by atoms with van der Waals surface area (Å²) in [5, 5.41) is 0.270. The van der Waals surface area contributed by atoms with Gasteiger partial charge in [0.1, 0.15) is 0 Å². The number of hydrogen-bond donors (Lipinski definition) is 0. The van der Waals surface area contributed by atoms with Crippen LogP contribution in [0.1, 0.15) is 56.3 Å². The van der Waals surface area contributed by atoms with Gasteiger partial charge in [-0.05, 0) is 36.9 Å². The second-order valence-corrected chi connectivity index (χ2v) is 8.17. The number of benzene rings is 1. The lowest BCUT2D eigenvalue weighted by molar-refractivity contribution is -0.123. The summed E-state index contributed by atoms with van der Waals surface area (Å²) in [6, 6.07) is 9.56. The molecule has 2 saturated carbocycles. The standard InChI is InChI=1S/C20H26O2S/c1-3-20(19(22)23-4-2)16-12-8-11-15(16)13-17(20)18(21)14-9-6-5-7-10-14/h5-7,9-10,15-17H,3-4,8,11-13H2,1-2H3/t15-,16-,17-,20+/m1/s1. The number of rotatable bonds is 5. The van der Waals surface area contributed by atoms with Crippen molar-refractivity contribution in [1.82, 2.24) is 0 Å². The molecular weight excluding hydrogens is 304 g/mol. The van der Waals surface area contributed by atoms with Crippen molar-refractivity contribution in [3.63, 3.8) is 0 Å². The van der Waals surface area contributed by atoms with Crippen LogP contribution in [0.25, 0.3) is 0 Å². The summed E-state index contributed by atoms with van der Waals surface area (Å²) in [5.74, 6) is 1.83. The first-order chi connectivity index (χ1) is 11.1. The van der Waals surface area contributed by atoms with E-state index >= 15 is 0 Å². The highest BCUT2D eigenvalue weighted by atomic mass is 32.2. The highest BCUT2D eigenvalue weighted by Crippen LogP contribution is 2.61. The van der Waals surface area contributed by atoms with Gasteiger partial charge in [-0.25, -0.2) is 0 Å². The first kappa shape index (κ1) is 16.8. The molecule has 0 amide bonds. The van der Waals surface area contributed by atoms with Crippen molar-refractivity contribution < 1.29 is 9.59 Å². The Morgan fingerprint density at radius 3 is 2.57 bits per heavy atom. The maximum Gasteiger partial charge on any atom is 0.196 e. The number of thioether (sulfide) groups is 1. The molecule has 3 heteroatoms. The average molecular weight is 330 g/mol. The highest BCUT2D eigenvalue weighted by molar-refractivity contribution is 8.13. The van der Waals surface area contributed by atoms with Crippen LogP contribution >= 0.6 is 11.8 Å². The van der Waals surface area contributed by atoms with E-state index in [-0.39, 0.29) is 16.8 Å². The Morgan fingerprint density at radius 2 is 1.91 bits per heavy atom. The van der Waals surface area contributed by atoms with Gasteiger partial charge in [-0.2, -0.15) is 0 Å². The molecule has 0 saturated heterocycles. The summed E-state index contributed by atoms with van der Waals surface area (Å²) in [4.78, 5) is 26.3. The van der Waals surface area contributed by atoms with Gasteiger partial charge in [0.15, 0.2) is 10.9 Å². The Labute approximate surface area is 143 Å². The monoisotopic (exact) mass is 330 g/mol. The number of fused-ring (bicyclic) bond motifs is 1. The lowest BCUT2D eigenvalue weighted by Gasteiger charge is -2.37. The fourth-order valence-electron chi connectivity index (χ4n) is 5.13. The van der Waals surface area contributed by atoms with Crippen LogP contribution in [0.5, 0.6) is 0 Å². The summed E-state index contributed by atoms with van der Waals surface area (Å²) in [5.41, 5.74) is 0.332. The molecule has 0 aliphatic heterocycles. The number of ketones is 1. The fourth-order valence-corrected chi connectivity index (χ4v) is 6.09. The van der Waals surface area contributed by atoms with E-state index in [1.54, 1.807) is 0 Å². The van der Waals surface area contributed by atoms with Crippen LogP contribution in [-0.4, -0.2) is 16.7 Å². The summed E-state index contributed by atoms with van der Waals surface area (Å²) < 4.78 is 0. The minimum atomic E-state index is -0.436. The number of carbonyl (C=O) groups excluding carboxylic acids is 2. The molecule has 0 aromatic heterocycles. The summed E-state index contributed by atoms with van der Waals surface area (Å²) in [6.07, 6.45) is 5.22. The van der Waals surface area contributed by atoms with Crippen LogP contribution in [0.15, 0.2) is 30.3 Å². The third-order valence-electron chi connectivity index (χ3n) is 6.10. The molecule has 0 unspecified atom stereocenters. The van der Waals surface area contributed by atoms with Crippen molar-refractivity contribution in [3.05, 3.63) is 35.9 Å². The fraction of sp³-hybridized carbons (Fsp3) is 0.600. The Morgan fingerprint density at radius 1 is 1.17 bits per heavy atom. The Kier molecular flexibility index (Phi) is 4.96. The molecule has 0 spiro atoms. The molecule has 0 bridgehead atoms. The van der Waals surface area contributed by atoms with E-state index in [0.29, 0.717) is 11.8 Å². The molecule has 124 valence electrons. The van der Waals surface area contributed by atoms with E-state index in [2.05, 4.69) is 6.92 Å². The molecule has 23 heavy (non-hydrogen) atoms. The van der Waals surface area contributed by atoms with Crippen molar-refractivity contribution in [2.45, 2.75) is 46.0 Å². The lowest BCUT2D eigenvalue weighted by Crippen LogP contribution is -2.42. The van der Waals surface area contributed by atoms with Gasteiger partial charge in [-0.1, -0.05) is 68.8 Å². The minimum absolute atomic E-state index is 0.128.